The van der Waals surface area contributed by atoms with Crippen molar-refractivity contribution in [2.24, 2.45) is 5.92 Å². The van der Waals surface area contributed by atoms with Gasteiger partial charge in [0, 0.05) is 26.2 Å². The summed E-state index contributed by atoms with van der Waals surface area (Å²) in [6, 6.07) is 0. The van der Waals surface area contributed by atoms with Crippen molar-refractivity contribution in [1.82, 2.24) is 9.21 Å². The molecular formula is C13H22N2O5S. The fourth-order valence-electron chi connectivity index (χ4n) is 3.31. The second-order valence-electron chi connectivity index (χ2n) is 5.79. The zero-order chi connectivity index (χ0) is 15.0. The number of hydrogen-bond acceptors (Lipinski definition) is 5. The van der Waals surface area contributed by atoms with Crippen LogP contribution in [0.25, 0.3) is 0 Å². The SMILES string of the molecule is CCS(=O)(=O)N1C[C@H]2C[C@@H](C(=O)N3CCOCC3)[C@@H](C1)O2. The minimum absolute atomic E-state index is 0.0848. The second kappa shape index (κ2) is 5.83. The molecule has 0 aromatic carbocycles. The predicted octanol–water partition coefficient (Wildman–Crippen LogP) is -0.716. The number of ether oxygens (including phenoxy) is 2. The predicted molar refractivity (Wildman–Crippen MR) is 75.2 cm³/mol. The Morgan fingerprint density at radius 1 is 1.24 bits per heavy atom. The molecule has 2 bridgehead atoms. The Hall–Kier alpha value is -0.700. The van der Waals surface area contributed by atoms with Gasteiger partial charge in [-0.3, -0.25) is 4.79 Å². The Bertz CT molecular complexity index is 503. The number of carbonyl (C=O) groups excluding carboxylic acids is 1. The molecule has 3 heterocycles. The van der Waals surface area contributed by atoms with Crippen molar-refractivity contribution in [3.63, 3.8) is 0 Å². The summed E-state index contributed by atoms with van der Waals surface area (Å²) in [5.41, 5.74) is 0. The van der Waals surface area contributed by atoms with Crippen LogP contribution in [0.5, 0.6) is 0 Å². The quantitative estimate of drug-likeness (QED) is 0.687. The lowest BCUT2D eigenvalue weighted by Gasteiger charge is -2.33. The van der Waals surface area contributed by atoms with Crippen molar-refractivity contribution in [3.05, 3.63) is 0 Å². The van der Waals surface area contributed by atoms with Crippen molar-refractivity contribution in [3.8, 4) is 0 Å². The highest BCUT2D eigenvalue weighted by molar-refractivity contribution is 7.89. The molecule has 3 aliphatic rings. The third kappa shape index (κ3) is 2.94. The van der Waals surface area contributed by atoms with Crippen molar-refractivity contribution in [2.45, 2.75) is 25.6 Å². The maximum absolute atomic E-state index is 12.6. The number of nitrogens with zero attached hydrogens (tertiary/aromatic N) is 2. The van der Waals surface area contributed by atoms with E-state index in [9.17, 15) is 13.2 Å². The Kier molecular flexibility index (Phi) is 4.22. The van der Waals surface area contributed by atoms with Gasteiger partial charge in [-0.15, -0.1) is 0 Å². The van der Waals surface area contributed by atoms with E-state index in [1.165, 1.54) is 4.31 Å². The lowest BCUT2D eigenvalue weighted by molar-refractivity contribution is -0.142. The van der Waals surface area contributed by atoms with Crippen LogP contribution in [0.1, 0.15) is 13.3 Å². The molecule has 120 valence electrons. The average Bonchev–Trinajstić information content (AvgIpc) is 2.81. The van der Waals surface area contributed by atoms with Gasteiger partial charge in [0.15, 0.2) is 0 Å². The van der Waals surface area contributed by atoms with E-state index in [1.54, 1.807) is 6.92 Å². The van der Waals surface area contributed by atoms with Gasteiger partial charge in [-0.2, -0.15) is 4.31 Å². The lowest BCUT2D eigenvalue weighted by Crippen LogP contribution is -2.49. The number of carbonyl (C=O) groups is 1. The van der Waals surface area contributed by atoms with Gasteiger partial charge >= 0.3 is 0 Å². The van der Waals surface area contributed by atoms with Gasteiger partial charge in [0.2, 0.25) is 15.9 Å². The van der Waals surface area contributed by atoms with Crippen LogP contribution in [0, 0.1) is 5.92 Å². The number of morpholine rings is 2. The largest absolute Gasteiger partial charge is 0.378 e. The molecule has 3 saturated heterocycles. The summed E-state index contributed by atoms with van der Waals surface area (Å²) >= 11 is 0. The van der Waals surface area contributed by atoms with Crippen LogP contribution < -0.4 is 0 Å². The standard InChI is InChI=1S/C13H22N2O5S/c1-2-21(17,18)15-8-10-7-11(12(9-15)20-10)13(16)14-3-5-19-6-4-14/h10-12H,2-9H2,1H3/t10-,11-,12-/m1/s1. The minimum Gasteiger partial charge on any atom is -0.378 e. The molecule has 0 radical (unpaired) electrons. The number of fused-ring (bicyclic) bond motifs is 2. The smallest absolute Gasteiger partial charge is 0.228 e. The zero-order valence-electron chi connectivity index (χ0n) is 12.2. The molecule has 0 N–H and O–H groups in total. The number of amides is 1. The molecule has 0 saturated carbocycles. The van der Waals surface area contributed by atoms with Crippen molar-refractivity contribution >= 4 is 15.9 Å². The van der Waals surface area contributed by atoms with Crippen LogP contribution in [0.15, 0.2) is 0 Å². The molecule has 3 atom stereocenters. The van der Waals surface area contributed by atoms with E-state index in [-0.39, 0.29) is 29.8 Å². The Labute approximate surface area is 125 Å². The van der Waals surface area contributed by atoms with E-state index in [4.69, 9.17) is 9.47 Å². The molecule has 21 heavy (non-hydrogen) atoms. The highest BCUT2D eigenvalue weighted by Crippen LogP contribution is 2.34. The van der Waals surface area contributed by atoms with Crippen LogP contribution in [-0.4, -0.2) is 80.9 Å². The Morgan fingerprint density at radius 2 is 1.95 bits per heavy atom. The fourth-order valence-corrected chi connectivity index (χ4v) is 4.44. The summed E-state index contributed by atoms with van der Waals surface area (Å²) in [6.07, 6.45) is 0.164. The molecule has 0 unspecified atom stereocenters. The summed E-state index contributed by atoms with van der Waals surface area (Å²) < 4.78 is 36.6. The summed E-state index contributed by atoms with van der Waals surface area (Å²) in [5.74, 6) is -0.0409. The third-order valence-electron chi connectivity index (χ3n) is 4.52. The van der Waals surface area contributed by atoms with Gasteiger partial charge in [0.1, 0.15) is 0 Å². The van der Waals surface area contributed by atoms with Gasteiger partial charge < -0.3 is 14.4 Å². The maximum atomic E-state index is 12.6. The Morgan fingerprint density at radius 3 is 2.62 bits per heavy atom. The first-order chi connectivity index (χ1) is 10.0. The van der Waals surface area contributed by atoms with Gasteiger partial charge in [0.05, 0.1) is 37.1 Å². The molecule has 0 spiro atoms. The first kappa shape index (κ1) is 15.2. The molecule has 1 amide bonds. The van der Waals surface area contributed by atoms with Crippen LogP contribution in [0.4, 0.5) is 0 Å². The normalized spacial score (nSPS) is 34.1. The average molecular weight is 318 g/mol. The van der Waals surface area contributed by atoms with E-state index in [0.717, 1.165) is 0 Å². The van der Waals surface area contributed by atoms with E-state index in [2.05, 4.69) is 0 Å². The van der Waals surface area contributed by atoms with Crippen LogP contribution in [0.3, 0.4) is 0 Å². The summed E-state index contributed by atoms with van der Waals surface area (Å²) in [5, 5.41) is 0. The zero-order valence-corrected chi connectivity index (χ0v) is 13.0. The highest BCUT2D eigenvalue weighted by atomic mass is 32.2. The summed E-state index contributed by atoms with van der Waals surface area (Å²) in [6.45, 7) is 4.69. The number of hydrogen-bond donors (Lipinski definition) is 0. The second-order valence-corrected chi connectivity index (χ2v) is 8.05. The first-order valence-electron chi connectivity index (χ1n) is 7.51. The molecule has 8 heteroatoms. The maximum Gasteiger partial charge on any atom is 0.228 e. The molecule has 0 aliphatic carbocycles. The van der Waals surface area contributed by atoms with Gasteiger partial charge in [-0.25, -0.2) is 8.42 Å². The van der Waals surface area contributed by atoms with E-state index in [1.807, 2.05) is 4.90 Å². The highest BCUT2D eigenvalue weighted by Gasteiger charge is 2.48. The number of sulfonamides is 1. The van der Waals surface area contributed by atoms with Crippen LogP contribution >= 0.6 is 0 Å². The van der Waals surface area contributed by atoms with Crippen molar-refractivity contribution < 1.29 is 22.7 Å². The molecule has 0 aromatic rings. The number of rotatable bonds is 3. The van der Waals surface area contributed by atoms with Gasteiger partial charge in [-0.05, 0) is 13.3 Å². The third-order valence-corrected chi connectivity index (χ3v) is 6.34. The molecule has 7 nitrogen and oxygen atoms in total. The van der Waals surface area contributed by atoms with Crippen molar-refractivity contribution in [2.75, 3.05) is 45.1 Å². The topological polar surface area (TPSA) is 76.2 Å². The first-order valence-corrected chi connectivity index (χ1v) is 9.12. The lowest BCUT2D eigenvalue weighted by atomic mass is 9.98. The summed E-state index contributed by atoms with van der Waals surface area (Å²) in [7, 11) is -3.21. The molecule has 0 aromatic heterocycles. The minimum atomic E-state index is -3.21. The van der Waals surface area contributed by atoms with E-state index in [0.29, 0.717) is 45.8 Å². The summed E-state index contributed by atoms with van der Waals surface area (Å²) in [4.78, 5) is 14.4. The van der Waals surface area contributed by atoms with Gasteiger partial charge in [-0.1, -0.05) is 0 Å². The molecule has 3 rings (SSSR count). The molecule has 3 aliphatic heterocycles. The molecular weight excluding hydrogens is 296 g/mol. The van der Waals surface area contributed by atoms with Gasteiger partial charge in [0.25, 0.3) is 0 Å². The fraction of sp³-hybridized carbons (Fsp3) is 0.923. The van der Waals surface area contributed by atoms with Crippen LogP contribution in [-0.2, 0) is 24.3 Å². The Balaban J connectivity index is 1.69. The van der Waals surface area contributed by atoms with Crippen molar-refractivity contribution in [1.29, 1.82) is 0 Å². The monoisotopic (exact) mass is 318 g/mol. The van der Waals surface area contributed by atoms with E-state index < -0.39 is 10.0 Å². The molecule has 3 fully saturated rings. The van der Waals surface area contributed by atoms with Crippen LogP contribution in [0.2, 0.25) is 0 Å². The van der Waals surface area contributed by atoms with E-state index >= 15 is 0 Å².